The molecule has 1 aromatic heterocycles. The first-order chi connectivity index (χ1) is 17.9. The van der Waals surface area contributed by atoms with Gasteiger partial charge in [-0.1, -0.05) is 61.4 Å². The normalized spacial score (nSPS) is 18.1. The van der Waals surface area contributed by atoms with Crippen LogP contribution in [-0.2, 0) is 4.79 Å². The fourth-order valence-electron chi connectivity index (χ4n) is 4.78. The molecule has 1 unspecified atom stereocenters. The number of anilines is 1. The number of hydrogen-bond acceptors (Lipinski definition) is 6. The van der Waals surface area contributed by atoms with Gasteiger partial charge in [0.2, 0.25) is 5.95 Å². The predicted molar refractivity (Wildman–Crippen MR) is 149 cm³/mol. The van der Waals surface area contributed by atoms with E-state index in [2.05, 4.69) is 21.5 Å². The molecule has 194 valence electrons. The van der Waals surface area contributed by atoms with Gasteiger partial charge in [0.1, 0.15) is 11.5 Å². The molecular formula is C28H30Cl2N4O3. The summed E-state index contributed by atoms with van der Waals surface area (Å²) in [7, 11) is 3.09. The molecule has 1 aliphatic carbocycles. The number of nitrogens with one attached hydrogen (secondary N) is 2. The second-order valence-corrected chi connectivity index (χ2v) is 9.83. The highest BCUT2D eigenvalue weighted by atomic mass is 35.5. The van der Waals surface area contributed by atoms with Crippen molar-refractivity contribution >= 4 is 46.0 Å². The number of rotatable bonds is 6. The lowest BCUT2D eigenvalue weighted by molar-refractivity contribution is -0.116. The monoisotopic (exact) mass is 540 g/mol. The fourth-order valence-corrected chi connectivity index (χ4v) is 5.50. The average molecular weight is 541 g/mol. The predicted octanol–water partition coefficient (Wildman–Crippen LogP) is 6.26. The molecule has 37 heavy (non-hydrogen) atoms. The van der Waals surface area contributed by atoms with Gasteiger partial charge in [-0.2, -0.15) is 0 Å². The minimum atomic E-state index is -0.394. The lowest BCUT2D eigenvalue weighted by Crippen LogP contribution is -2.46. The van der Waals surface area contributed by atoms with Crippen molar-refractivity contribution < 1.29 is 14.3 Å². The molecule has 1 fully saturated rings. The number of carbonyl (C=O) groups is 1. The van der Waals surface area contributed by atoms with E-state index in [-0.39, 0.29) is 12.1 Å². The van der Waals surface area contributed by atoms with Gasteiger partial charge < -0.3 is 20.1 Å². The molecule has 0 radical (unpaired) electrons. The zero-order valence-corrected chi connectivity index (χ0v) is 22.5. The number of aromatic nitrogens is 2. The third-order valence-electron chi connectivity index (χ3n) is 6.72. The summed E-state index contributed by atoms with van der Waals surface area (Å²) in [6, 6.07) is 7.29. The highest BCUT2D eigenvalue weighted by molar-refractivity contribution is 6.41. The molecule has 2 atom stereocenters. The van der Waals surface area contributed by atoms with E-state index in [1.807, 2.05) is 18.2 Å². The van der Waals surface area contributed by atoms with Crippen LogP contribution < -0.4 is 20.1 Å². The summed E-state index contributed by atoms with van der Waals surface area (Å²) in [5.41, 5.74) is 2.16. The van der Waals surface area contributed by atoms with Gasteiger partial charge in [0.05, 0.1) is 29.8 Å². The van der Waals surface area contributed by atoms with E-state index in [0.29, 0.717) is 33.1 Å². The molecular weight excluding hydrogens is 511 g/mol. The third kappa shape index (κ3) is 6.20. The largest absolute Gasteiger partial charge is 0.495 e. The quantitative estimate of drug-likeness (QED) is 0.358. The van der Waals surface area contributed by atoms with E-state index in [1.54, 1.807) is 26.5 Å². The summed E-state index contributed by atoms with van der Waals surface area (Å²) < 4.78 is 10.8. The Bertz CT molecular complexity index is 1300. The molecule has 1 saturated carbocycles. The third-order valence-corrected chi connectivity index (χ3v) is 7.47. The van der Waals surface area contributed by atoms with Gasteiger partial charge in [0.15, 0.2) is 0 Å². The van der Waals surface area contributed by atoms with Crippen LogP contribution in [-0.4, -0.2) is 42.2 Å². The van der Waals surface area contributed by atoms with Gasteiger partial charge in [0.25, 0.3) is 5.91 Å². The van der Waals surface area contributed by atoms with Gasteiger partial charge in [0, 0.05) is 35.3 Å². The maximum absolute atomic E-state index is 12.0. The molecule has 4 rings (SSSR count). The van der Waals surface area contributed by atoms with Gasteiger partial charge in [-0.25, -0.2) is 9.97 Å². The first kappa shape index (κ1) is 26.8. The molecule has 1 aliphatic rings. The van der Waals surface area contributed by atoms with Gasteiger partial charge in [-0.05, 0) is 36.5 Å². The van der Waals surface area contributed by atoms with E-state index in [9.17, 15) is 4.79 Å². The standard InChI is InChI=1S/C28H30Cl2N4O3/c1-4-24(35)32-20-10-8-6-5-7-9-11-21(20)34-28-31-16-18-14-17(12-13-19(18)33-28)25-26(29)22(36-2)15-23(37-3)27(25)30/h1,12-16,20-21H,5-11H2,2-3H3,(H,32,35)(H,31,33,34)/t20-,21?/m1/s1. The van der Waals surface area contributed by atoms with Crippen LogP contribution in [0.5, 0.6) is 11.5 Å². The molecule has 9 heteroatoms. The molecule has 7 nitrogen and oxygen atoms in total. The van der Waals surface area contributed by atoms with E-state index in [4.69, 9.17) is 44.1 Å². The Labute approximate surface area is 227 Å². The minimum Gasteiger partial charge on any atom is -0.495 e. The first-order valence-corrected chi connectivity index (χ1v) is 13.1. The maximum atomic E-state index is 12.0. The topological polar surface area (TPSA) is 85.4 Å². The summed E-state index contributed by atoms with van der Waals surface area (Å²) >= 11 is 13.2. The Kier molecular flexibility index (Phi) is 8.96. The highest BCUT2D eigenvalue weighted by Crippen LogP contribution is 2.46. The maximum Gasteiger partial charge on any atom is 0.295 e. The Morgan fingerprint density at radius 3 is 2.30 bits per heavy atom. The summed E-state index contributed by atoms with van der Waals surface area (Å²) in [6.07, 6.45) is 14.4. The lowest BCUT2D eigenvalue weighted by atomic mass is 9.99. The van der Waals surface area contributed by atoms with Crippen LogP contribution in [0, 0.1) is 12.3 Å². The molecule has 2 N–H and O–H groups in total. The number of hydrogen-bond donors (Lipinski definition) is 2. The molecule has 0 spiro atoms. The first-order valence-electron chi connectivity index (χ1n) is 12.4. The molecule has 3 aromatic rings. The molecule has 1 heterocycles. The van der Waals surface area contributed by atoms with Gasteiger partial charge >= 0.3 is 0 Å². The zero-order valence-electron chi connectivity index (χ0n) is 20.9. The van der Waals surface area contributed by atoms with Gasteiger partial charge in [-0.15, -0.1) is 6.42 Å². The molecule has 0 aliphatic heterocycles. The fraction of sp³-hybridized carbons (Fsp3) is 0.393. The Balaban J connectivity index is 1.64. The van der Waals surface area contributed by atoms with Crippen molar-refractivity contribution in [1.29, 1.82) is 0 Å². The summed E-state index contributed by atoms with van der Waals surface area (Å²) in [6.45, 7) is 0. The number of fused-ring (bicyclic) bond motifs is 1. The van der Waals surface area contributed by atoms with Crippen molar-refractivity contribution in [1.82, 2.24) is 15.3 Å². The Morgan fingerprint density at radius 1 is 1.00 bits per heavy atom. The second kappa shape index (κ2) is 12.4. The number of terminal acetylenes is 1. The number of carbonyl (C=O) groups excluding carboxylic acids is 1. The summed E-state index contributed by atoms with van der Waals surface area (Å²) in [5, 5.41) is 8.06. The smallest absolute Gasteiger partial charge is 0.295 e. The van der Waals surface area contributed by atoms with Crippen LogP contribution in [0.4, 0.5) is 5.95 Å². The van der Waals surface area contributed by atoms with Crippen molar-refractivity contribution in [3.8, 4) is 35.0 Å². The highest BCUT2D eigenvalue weighted by Gasteiger charge is 2.24. The number of benzene rings is 2. The molecule has 1 amide bonds. The number of ether oxygens (including phenoxy) is 2. The SMILES string of the molecule is C#CC(=O)N[C@@H]1CCCCCCCC1Nc1ncc2cc(-c3c(Cl)c(OC)cc(OC)c3Cl)ccc2n1. The van der Waals surface area contributed by atoms with E-state index in [0.717, 1.165) is 55.0 Å². The summed E-state index contributed by atoms with van der Waals surface area (Å²) in [5.74, 6) is 3.21. The van der Waals surface area contributed by atoms with Crippen molar-refractivity contribution in [2.75, 3.05) is 19.5 Å². The second-order valence-electron chi connectivity index (χ2n) is 9.07. The van der Waals surface area contributed by atoms with Crippen molar-refractivity contribution in [2.24, 2.45) is 0 Å². The van der Waals surface area contributed by atoms with Crippen LogP contribution in [0.3, 0.4) is 0 Å². The number of methoxy groups -OCH3 is 2. The average Bonchev–Trinajstić information content (AvgIpc) is 3.01. The van der Waals surface area contributed by atoms with Crippen molar-refractivity contribution in [3.63, 3.8) is 0 Å². The Morgan fingerprint density at radius 2 is 1.65 bits per heavy atom. The minimum absolute atomic E-state index is 0.0195. The van der Waals surface area contributed by atoms with E-state index in [1.165, 1.54) is 6.42 Å². The van der Waals surface area contributed by atoms with Gasteiger partial charge in [-0.3, -0.25) is 4.79 Å². The van der Waals surface area contributed by atoms with Crippen LogP contribution in [0.25, 0.3) is 22.0 Å². The van der Waals surface area contributed by atoms with Crippen molar-refractivity contribution in [3.05, 3.63) is 40.5 Å². The van der Waals surface area contributed by atoms with E-state index < -0.39 is 5.91 Å². The van der Waals surface area contributed by atoms with Crippen LogP contribution in [0.1, 0.15) is 44.9 Å². The number of halogens is 2. The van der Waals surface area contributed by atoms with Crippen LogP contribution >= 0.6 is 23.2 Å². The number of nitrogens with zero attached hydrogens (tertiary/aromatic N) is 2. The zero-order chi connectivity index (χ0) is 26.4. The van der Waals surface area contributed by atoms with Crippen LogP contribution in [0.15, 0.2) is 30.5 Å². The number of amides is 1. The molecule has 0 saturated heterocycles. The summed E-state index contributed by atoms with van der Waals surface area (Å²) in [4.78, 5) is 21.3. The molecule has 2 aromatic carbocycles. The van der Waals surface area contributed by atoms with Crippen molar-refractivity contribution in [2.45, 2.75) is 57.0 Å². The molecule has 0 bridgehead atoms. The Hall–Kier alpha value is -3.21. The van der Waals surface area contributed by atoms with E-state index >= 15 is 0 Å². The van der Waals surface area contributed by atoms with Crippen LogP contribution in [0.2, 0.25) is 10.0 Å². The lowest BCUT2D eigenvalue weighted by Gasteiger charge is -2.28.